The van der Waals surface area contributed by atoms with Crippen molar-refractivity contribution < 1.29 is 18.0 Å². The van der Waals surface area contributed by atoms with Gasteiger partial charge in [0.1, 0.15) is 0 Å². The van der Waals surface area contributed by atoms with Crippen molar-refractivity contribution in [2.45, 2.75) is 25.4 Å². The van der Waals surface area contributed by atoms with E-state index in [0.717, 1.165) is 25.3 Å². The molecule has 0 radical (unpaired) electrons. The van der Waals surface area contributed by atoms with E-state index in [1.165, 1.54) is 11.1 Å². The van der Waals surface area contributed by atoms with Crippen LogP contribution in [0, 0.1) is 5.92 Å². The third-order valence-corrected chi connectivity index (χ3v) is 3.61. The highest BCUT2D eigenvalue weighted by Gasteiger charge is 2.36. The van der Waals surface area contributed by atoms with Gasteiger partial charge in [0.25, 0.3) is 5.91 Å². The minimum atomic E-state index is -4.58. The summed E-state index contributed by atoms with van der Waals surface area (Å²) in [6, 6.07) is 1.13. The Balaban J connectivity index is 2.14. The molecule has 1 aliphatic rings. The molecule has 114 valence electrons. The minimum Gasteiger partial charge on any atom is -0.341 e. The second-order valence-corrected chi connectivity index (χ2v) is 5.26. The van der Waals surface area contributed by atoms with E-state index in [1.807, 2.05) is 0 Å². The molecule has 1 amide bonds. The number of amides is 1. The van der Waals surface area contributed by atoms with Crippen molar-refractivity contribution in [3.05, 3.63) is 41.7 Å². The van der Waals surface area contributed by atoms with Crippen LogP contribution in [-0.4, -0.2) is 29.4 Å². The summed E-state index contributed by atoms with van der Waals surface area (Å²) in [6.45, 7) is 0.461. The first-order chi connectivity index (χ1) is 9.89. The number of rotatable bonds is 3. The van der Waals surface area contributed by atoms with Crippen LogP contribution >= 0.6 is 0 Å². The number of carbonyl (C=O) groups excluding carboxylic acids is 1. The Bertz CT molecular complexity index is 540. The topological polar surface area (TPSA) is 33.2 Å². The molecule has 0 aromatic carbocycles. The molecule has 0 unspecified atom stereocenters. The second kappa shape index (κ2) is 6.28. The Labute approximate surface area is 121 Å². The number of aromatic nitrogens is 1. The van der Waals surface area contributed by atoms with Crippen molar-refractivity contribution in [1.82, 2.24) is 9.88 Å². The van der Waals surface area contributed by atoms with Gasteiger partial charge in [0, 0.05) is 26.0 Å². The zero-order valence-corrected chi connectivity index (χ0v) is 11.7. The maximum atomic E-state index is 12.9. The highest BCUT2D eigenvalue weighted by Crippen LogP contribution is 2.32. The van der Waals surface area contributed by atoms with E-state index in [0.29, 0.717) is 18.7 Å². The third-order valence-electron chi connectivity index (χ3n) is 3.61. The lowest BCUT2D eigenvalue weighted by molar-refractivity contribution is -0.138. The van der Waals surface area contributed by atoms with Gasteiger partial charge >= 0.3 is 6.18 Å². The van der Waals surface area contributed by atoms with Crippen molar-refractivity contribution in [1.29, 1.82) is 0 Å². The minimum absolute atomic E-state index is 0.306. The predicted octanol–water partition coefficient (Wildman–Crippen LogP) is 3.53. The molecule has 0 spiro atoms. The fraction of sp³-hybridized carbons (Fsp3) is 0.467. The molecule has 0 N–H and O–H groups in total. The van der Waals surface area contributed by atoms with E-state index in [1.54, 1.807) is 7.05 Å². The van der Waals surface area contributed by atoms with E-state index in [-0.39, 0.29) is 5.56 Å². The van der Waals surface area contributed by atoms with E-state index >= 15 is 0 Å². The van der Waals surface area contributed by atoms with Crippen molar-refractivity contribution in [2.75, 3.05) is 13.6 Å². The molecule has 1 aromatic rings. The van der Waals surface area contributed by atoms with Crippen molar-refractivity contribution in [3.8, 4) is 0 Å². The lowest BCUT2D eigenvalue weighted by atomic mass is 9.94. The Hall–Kier alpha value is -1.85. The third kappa shape index (κ3) is 3.83. The van der Waals surface area contributed by atoms with Gasteiger partial charge in [-0.3, -0.25) is 9.78 Å². The number of pyridine rings is 1. The molecule has 2 rings (SSSR count). The Morgan fingerprint density at radius 3 is 2.81 bits per heavy atom. The highest BCUT2D eigenvalue weighted by molar-refractivity contribution is 5.95. The van der Waals surface area contributed by atoms with E-state index in [9.17, 15) is 18.0 Å². The number of hydrogen-bond acceptors (Lipinski definition) is 2. The van der Waals surface area contributed by atoms with E-state index in [4.69, 9.17) is 0 Å². The zero-order chi connectivity index (χ0) is 15.5. The summed E-state index contributed by atoms with van der Waals surface area (Å²) < 4.78 is 38.7. The van der Waals surface area contributed by atoms with Gasteiger partial charge < -0.3 is 4.90 Å². The number of carbonyl (C=O) groups is 1. The standard InChI is InChI=1S/C15H17F3N2O/c1-20(10-11-5-3-2-4-6-11)14(21)12-7-8-19-9-13(12)15(16,17)18/h2-3,7-9,11H,4-6,10H2,1H3/t11-/m1/s1. The summed E-state index contributed by atoms with van der Waals surface area (Å²) in [7, 11) is 1.54. The quantitative estimate of drug-likeness (QED) is 0.800. The van der Waals surface area contributed by atoms with Gasteiger partial charge in [0.2, 0.25) is 0 Å². The Morgan fingerprint density at radius 1 is 1.43 bits per heavy atom. The van der Waals surface area contributed by atoms with Gasteiger partial charge in [-0.15, -0.1) is 0 Å². The maximum absolute atomic E-state index is 12.9. The van der Waals surface area contributed by atoms with Crippen LogP contribution in [0.2, 0.25) is 0 Å². The van der Waals surface area contributed by atoms with Crippen LogP contribution in [-0.2, 0) is 6.18 Å². The molecular formula is C15H17F3N2O. The van der Waals surface area contributed by atoms with Crippen LogP contribution in [0.4, 0.5) is 13.2 Å². The second-order valence-electron chi connectivity index (χ2n) is 5.26. The largest absolute Gasteiger partial charge is 0.418 e. The molecule has 0 saturated carbocycles. The first-order valence-electron chi connectivity index (χ1n) is 6.81. The summed E-state index contributed by atoms with van der Waals surface area (Å²) in [6.07, 6.45) is 4.24. The molecule has 21 heavy (non-hydrogen) atoms. The van der Waals surface area contributed by atoms with Crippen LogP contribution in [0.15, 0.2) is 30.6 Å². The first kappa shape index (κ1) is 15.5. The van der Waals surface area contributed by atoms with Crippen molar-refractivity contribution in [3.63, 3.8) is 0 Å². The lowest BCUT2D eigenvalue weighted by Crippen LogP contribution is -2.33. The van der Waals surface area contributed by atoms with Crippen molar-refractivity contribution in [2.24, 2.45) is 5.92 Å². The molecule has 1 atom stereocenters. The number of halogens is 3. The van der Waals surface area contributed by atoms with Gasteiger partial charge in [0.05, 0.1) is 11.1 Å². The van der Waals surface area contributed by atoms with Crippen molar-refractivity contribution >= 4 is 5.91 Å². The van der Waals surface area contributed by atoms with Crippen LogP contribution < -0.4 is 0 Å². The summed E-state index contributed by atoms with van der Waals surface area (Å²) in [5, 5.41) is 0. The molecule has 0 fully saturated rings. The number of allylic oxidation sites excluding steroid dienone is 2. The van der Waals surface area contributed by atoms with Gasteiger partial charge in [-0.25, -0.2) is 0 Å². The number of hydrogen-bond donors (Lipinski definition) is 0. The van der Waals surface area contributed by atoms with E-state index < -0.39 is 17.6 Å². The smallest absolute Gasteiger partial charge is 0.341 e. The van der Waals surface area contributed by atoms with Gasteiger partial charge in [-0.2, -0.15) is 13.2 Å². The Kier molecular flexibility index (Phi) is 4.65. The number of nitrogens with zero attached hydrogens (tertiary/aromatic N) is 2. The molecule has 3 nitrogen and oxygen atoms in total. The average Bonchev–Trinajstić information content (AvgIpc) is 2.46. The summed E-state index contributed by atoms with van der Waals surface area (Å²) in [5.41, 5.74) is -1.32. The lowest BCUT2D eigenvalue weighted by Gasteiger charge is -2.25. The van der Waals surface area contributed by atoms with Crippen LogP contribution in [0.5, 0.6) is 0 Å². The average molecular weight is 298 g/mol. The molecule has 0 saturated heterocycles. The fourth-order valence-electron chi connectivity index (χ4n) is 2.50. The molecule has 6 heteroatoms. The van der Waals surface area contributed by atoms with Gasteiger partial charge in [0.15, 0.2) is 0 Å². The first-order valence-corrected chi connectivity index (χ1v) is 6.81. The maximum Gasteiger partial charge on any atom is 0.418 e. The van der Waals surface area contributed by atoms with Crippen LogP contribution in [0.1, 0.15) is 35.2 Å². The summed E-state index contributed by atoms with van der Waals surface area (Å²) in [4.78, 5) is 17.1. The summed E-state index contributed by atoms with van der Waals surface area (Å²) in [5.74, 6) is -0.306. The monoisotopic (exact) mass is 298 g/mol. The van der Waals surface area contributed by atoms with E-state index in [2.05, 4.69) is 17.1 Å². The molecular weight excluding hydrogens is 281 g/mol. The van der Waals surface area contributed by atoms with Crippen LogP contribution in [0.25, 0.3) is 0 Å². The fourth-order valence-corrected chi connectivity index (χ4v) is 2.50. The summed E-state index contributed by atoms with van der Waals surface area (Å²) >= 11 is 0. The van der Waals surface area contributed by atoms with Gasteiger partial charge in [-0.05, 0) is 31.2 Å². The van der Waals surface area contributed by atoms with Gasteiger partial charge in [-0.1, -0.05) is 12.2 Å². The molecule has 0 bridgehead atoms. The highest BCUT2D eigenvalue weighted by atomic mass is 19.4. The molecule has 1 heterocycles. The predicted molar refractivity (Wildman–Crippen MR) is 72.7 cm³/mol. The Morgan fingerprint density at radius 2 is 2.19 bits per heavy atom. The van der Waals surface area contributed by atoms with Crippen LogP contribution in [0.3, 0.4) is 0 Å². The zero-order valence-electron chi connectivity index (χ0n) is 11.7. The number of alkyl halides is 3. The SMILES string of the molecule is CN(C[C@@H]1CC=CCC1)C(=O)c1ccncc1C(F)(F)F. The molecule has 1 aromatic heterocycles. The molecule has 1 aliphatic carbocycles. The normalized spacial score (nSPS) is 18.6. The molecule has 0 aliphatic heterocycles.